The van der Waals surface area contributed by atoms with Crippen molar-refractivity contribution < 1.29 is 14.3 Å². The molecule has 2 aromatic rings. The van der Waals surface area contributed by atoms with E-state index in [2.05, 4.69) is 30.4 Å². The molecule has 0 radical (unpaired) electrons. The third kappa shape index (κ3) is 7.94. The molecule has 168 valence electrons. The van der Waals surface area contributed by atoms with Gasteiger partial charge in [0.1, 0.15) is 11.8 Å². The van der Waals surface area contributed by atoms with Gasteiger partial charge in [-0.15, -0.1) is 11.8 Å². The van der Waals surface area contributed by atoms with Crippen LogP contribution in [0.2, 0.25) is 0 Å². The number of carbonyl (C=O) groups excluding carboxylic acids is 2. The van der Waals surface area contributed by atoms with Gasteiger partial charge in [0.15, 0.2) is 0 Å². The lowest BCUT2D eigenvalue weighted by molar-refractivity contribution is -0.138. The molecule has 2 atom stereocenters. The Morgan fingerprint density at radius 1 is 1.10 bits per heavy atom. The smallest absolute Gasteiger partial charge is 0.242 e. The number of hydrogen-bond acceptors (Lipinski definition) is 4. The summed E-state index contributed by atoms with van der Waals surface area (Å²) in [6.07, 6.45) is 0.844. The maximum Gasteiger partial charge on any atom is 0.242 e. The van der Waals surface area contributed by atoms with E-state index in [1.807, 2.05) is 44.2 Å². The summed E-state index contributed by atoms with van der Waals surface area (Å²) in [6.45, 7) is 8.23. The number of benzene rings is 2. The first-order valence-corrected chi connectivity index (χ1v) is 11.9. The molecule has 0 saturated heterocycles. The van der Waals surface area contributed by atoms with E-state index in [9.17, 15) is 9.59 Å². The van der Waals surface area contributed by atoms with E-state index in [1.165, 1.54) is 11.1 Å². The van der Waals surface area contributed by atoms with Gasteiger partial charge in [-0.05, 0) is 50.5 Å². The van der Waals surface area contributed by atoms with Crippen LogP contribution < -0.4 is 10.1 Å². The molecule has 1 N–H and O–H groups in total. The predicted octanol–water partition coefficient (Wildman–Crippen LogP) is 4.57. The van der Waals surface area contributed by atoms with Crippen LogP contribution in [0.3, 0.4) is 0 Å². The Hall–Kier alpha value is -2.47. The molecule has 0 aliphatic heterocycles. The van der Waals surface area contributed by atoms with Crippen molar-refractivity contribution >= 4 is 23.6 Å². The second kappa shape index (κ2) is 12.4. The van der Waals surface area contributed by atoms with E-state index >= 15 is 0 Å². The van der Waals surface area contributed by atoms with Crippen molar-refractivity contribution in [3.63, 3.8) is 0 Å². The van der Waals surface area contributed by atoms with Crippen LogP contribution in [0.15, 0.2) is 48.5 Å². The van der Waals surface area contributed by atoms with Gasteiger partial charge in [0.05, 0.1) is 12.9 Å². The first kappa shape index (κ1) is 24.8. The monoisotopic (exact) mass is 442 g/mol. The molecule has 0 saturated carbocycles. The minimum atomic E-state index is -0.553. The molecule has 0 aromatic heterocycles. The molecule has 0 fully saturated rings. The zero-order valence-corrected chi connectivity index (χ0v) is 20.0. The van der Waals surface area contributed by atoms with E-state index in [0.29, 0.717) is 12.3 Å². The minimum absolute atomic E-state index is 0.0414. The molecule has 0 aliphatic carbocycles. The van der Waals surface area contributed by atoms with Gasteiger partial charge in [-0.1, -0.05) is 48.9 Å². The van der Waals surface area contributed by atoms with E-state index < -0.39 is 6.04 Å². The number of nitrogens with zero attached hydrogens (tertiary/aromatic N) is 1. The Bertz CT molecular complexity index is 854. The summed E-state index contributed by atoms with van der Waals surface area (Å²) < 4.78 is 5.22. The highest BCUT2D eigenvalue weighted by Crippen LogP contribution is 2.18. The molecular formula is C25H34N2O3S. The molecule has 2 amide bonds. The number of ether oxygens (including phenoxy) is 1. The van der Waals surface area contributed by atoms with Crippen LogP contribution in [0.5, 0.6) is 5.75 Å². The Balaban J connectivity index is 2.08. The molecule has 2 aromatic carbocycles. The van der Waals surface area contributed by atoms with E-state index in [4.69, 9.17) is 4.74 Å². The van der Waals surface area contributed by atoms with Crippen LogP contribution in [0, 0.1) is 6.92 Å². The zero-order valence-electron chi connectivity index (χ0n) is 19.2. The number of hydrogen-bond donors (Lipinski definition) is 1. The summed E-state index contributed by atoms with van der Waals surface area (Å²) in [5.74, 6) is 1.68. The summed E-state index contributed by atoms with van der Waals surface area (Å²) in [5.41, 5.74) is 3.36. The minimum Gasteiger partial charge on any atom is -0.497 e. The van der Waals surface area contributed by atoms with Crippen molar-refractivity contribution in [2.24, 2.45) is 0 Å². The zero-order chi connectivity index (χ0) is 22.8. The van der Waals surface area contributed by atoms with Gasteiger partial charge in [0.2, 0.25) is 11.8 Å². The maximum atomic E-state index is 13.1. The average Bonchev–Trinajstić information content (AvgIpc) is 2.77. The van der Waals surface area contributed by atoms with Crippen molar-refractivity contribution in [1.29, 1.82) is 0 Å². The molecular weight excluding hydrogens is 408 g/mol. The fourth-order valence-corrected chi connectivity index (χ4v) is 3.97. The van der Waals surface area contributed by atoms with Crippen LogP contribution in [-0.4, -0.2) is 41.7 Å². The second-order valence-electron chi connectivity index (χ2n) is 7.85. The number of methoxy groups -OCH3 is 1. The summed E-state index contributed by atoms with van der Waals surface area (Å²) in [6, 6.07) is 15.4. The first-order chi connectivity index (χ1) is 14.8. The Labute approximate surface area is 190 Å². The van der Waals surface area contributed by atoms with Gasteiger partial charge < -0.3 is 15.0 Å². The molecule has 2 rings (SSSR count). The highest BCUT2D eigenvalue weighted by molar-refractivity contribution is 7.99. The molecule has 2 unspecified atom stereocenters. The Kier molecular flexibility index (Phi) is 9.92. The van der Waals surface area contributed by atoms with Crippen molar-refractivity contribution in [1.82, 2.24) is 10.2 Å². The number of nitrogens with one attached hydrogen (secondary N) is 1. The van der Waals surface area contributed by atoms with Crippen LogP contribution in [0.4, 0.5) is 0 Å². The number of thioether (sulfide) groups is 1. The average molecular weight is 443 g/mol. The fourth-order valence-electron chi connectivity index (χ4n) is 3.12. The van der Waals surface area contributed by atoms with Crippen molar-refractivity contribution in [2.45, 2.75) is 58.5 Å². The third-order valence-electron chi connectivity index (χ3n) is 5.26. The molecule has 0 spiro atoms. The molecule has 0 aliphatic rings. The van der Waals surface area contributed by atoms with Gasteiger partial charge in [-0.2, -0.15) is 0 Å². The summed E-state index contributed by atoms with van der Waals surface area (Å²) in [5, 5.41) is 3.00. The van der Waals surface area contributed by atoms with Crippen LogP contribution >= 0.6 is 11.8 Å². The number of aryl methyl sites for hydroxylation is 1. The predicted molar refractivity (Wildman–Crippen MR) is 128 cm³/mol. The molecule has 0 heterocycles. The van der Waals surface area contributed by atoms with E-state index in [-0.39, 0.29) is 17.9 Å². The largest absolute Gasteiger partial charge is 0.497 e. The van der Waals surface area contributed by atoms with Gasteiger partial charge >= 0.3 is 0 Å². The molecule has 5 nitrogen and oxygen atoms in total. The van der Waals surface area contributed by atoms with Crippen molar-refractivity contribution in [2.75, 3.05) is 12.9 Å². The topological polar surface area (TPSA) is 58.6 Å². The molecule has 31 heavy (non-hydrogen) atoms. The highest BCUT2D eigenvalue weighted by Gasteiger charge is 2.26. The van der Waals surface area contributed by atoms with Crippen molar-refractivity contribution in [3.05, 3.63) is 65.2 Å². The summed E-state index contributed by atoms with van der Waals surface area (Å²) in [7, 11) is 1.62. The lowest BCUT2D eigenvalue weighted by Crippen LogP contribution is -2.50. The summed E-state index contributed by atoms with van der Waals surface area (Å²) >= 11 is 1.57. The molecule has 6 heteroatoms. The first-order valence-electron chi connectivity index (χ1n) is 10.7. The second-order valence-corrected chi connectivity index (χ2v) is 8.83. The number of carbonyl (C=O) groups is 2. The van der Waals surface area contributed by atoms with Gasteiger partial charge in [-0.3, -0.25) is 9.59 Å². The maximum absolute atomic E-state index is 13.1. The van der Waals surface area contributed by atoms with Gasteiger partial charge in [0, 0.05) is 18.3 Å². The quantitative estimate of drug-likeness (QED) is 0.554. The number of amides is 2. The highest BCUT2D eigenvalue weighted by atomic mass is 32.2. The van der Waals surface area contributed by atoms with Gasteiger partial charge in [0.25, 0.3) is 0 Å². The Morgan fingerprint density at radius 3 is 2.42 bits per heavy atom. The molecule has 0 bridgehead atoms. The van der Waals surface area contributed by atoms with E-state index in [0.717, 1.165) is 23.5 Å². The van der Waals surface area contributed by atoms with Gasteiger partial charge in [-0.25, -0.2) is 0 Å². The SMILES string of the molecule is CCC(C)NC(=O)C(C)N(Cc1ccc(OC)cc1)C(=O)CSCc1cccc(C)c1. The Morgan fingerprint density at radius 2 is 1.81 bits per heavy atom. The van der Waals surface area contributed by atoms with Crippen LogP contribution in [0.1, 0.15) is 43.9 Å². The lowest BCUT2D eigenvalue weighted by Gasteiger charge is -2.29. The lowest BCUT2D eigenvalue weighted by atomic mass is 10.1. The van der Waals surface area contributed by atoms with Crippen molar-refractivity contribution in [3.8, 4) is 5.75 Å². The van der Waals surface area contributed by atoms with Crippen LogP contribution in [0.25, 0.3) is 0 Å². The fraction of sp³-hybridized carbons (Fsp3) is 0.440. The van der Waals surface area contributed by atoms with Crippen LogP contribution in [-0.2, 0) is 21.9 Å². The normalized spacial score (nSPS) is 12.7. The number of rotatable bonds is 11. The third-order valence-corrected chi connectivity index (χ3v) is 6.25. The standard InChI is InChI=1S/C25H34N2O3S/c1-6-19(3)26-25(29)20(4)27(15-21-10-12-23(30-5)13-11-21)24(28)17-31-16-22-9-7-8-18(2)14-22/h7-14,19-20H,6,15-17H2,1-5H3,(H,26,29). The summed E-state index contributed by atoms with van der Waals surface area (Å²) in [4.78, 5) is 27.5. The van der Waals surface area contributed by atoms with E-state index in [1.54, 1.807) is 30.7 Å².